The van der Waals surface area contributed by atoms with E-state index in [1.54, 1.807) is 0 Å². The van der Waals surface area contributed by atoms with Crippen molar-refractivity contribution in [2.75, 3.05) is 6.54 Å². The average Bonchev–Trinajstić information content (AvgIpc) is 2.21. The van der Waals surface area contributed by atoms with Gasteiger partial charge in [-0.05, 0) is 55.0 Å². The molecule has 0 spiro atoms. The predicted molar refractivity (Wildman–Crippen MR) is 72.2 cm³/mol. The van der Waals surface area contributed by atoms with E-state index in [-0.39, 0.29) is 0 Å². The van der Waals surface area contributed by atoms with E-state index in [9.17, 15) is 0 Å². The summed E-state index contributed by atoms with van der Waals surface area (Å²) in [7, 11) is 0. The van der Waals surface area contributed by atoms with Gasteiger partial charge in [0.1, 0.15) is 0 Å². The monoisotopic (exact) mass is 259 g/mol. The maximum Gasteiger partial charge on any atom is 0.0439 e. The molecule has 0 aliphatic carbocycles. The van der Waals surface area contributed by atoms with Gasteiger partial charge in [0, 0.05) is 10.0 Å². The molecule has 0 aromatic heterocycles. The van der Waals surface area contributed by atoms with Gasteiger partial charge in [-0.3, -0.25) is 0 Å². The summed E-state index contributed by atoms with van der Waals surface area (Å²) in [5.74, 6) is 1.14. The third kappa shape index (κ3) is 4.32. The number of rotatable bonds is 5. The Kier molecular flexibility index (Phi) is 5.60. The first kappa shape index (κ1) is 13.8. The van der Waals surface area contributed by atoms with Crippen LogP contribution in [0.25, 0.3) is 0 Å². The van der Waals surface area contributed by atoms with Crippen molar-refractivity contribution in [1.82, 2.24) is 0 Å². The summed E-state index contributed by atoms with van der Waals surface area (Å²) in [6.45, 7) is 5.12. The van der Waals surface area contributed by atoms with Crippen molar-refractivity contribution in [3.8, 4) is 0 Å². The highest BCUT2D eigenvalue weighted by molar-refractivity contribution is 6.33. The second kappa shape index (κ2) is 6.48. The van der Waals surface area contributed by atoms with E-state index >= 15 is 0 Å². The lowest BCUT2D eigenvalue weighted by Crippen LogP contribution is -2.19. The molecule has 0 aliphatic heterocycles. The normalized spacial score (nSPS) is 13.1. The van der Waals surface area contributed by atoms with Crippen LogP contribution in [0.4, 0.5) is 0 Å². The Balaban J connectivity index is 2.73. The molecule has 0 heterocycles. The zero-order chi connectivity index (χ0) is 12.1. The van der Waals surface area contributed by atoms with E-state index in [0.29, 0.717) is 18.4 Å². The molecule has 0 bridgehead atoms. The fourth-order valence-corrected chi connectivity index (χ4v) is 2.33. The predicted octanol–water partition coefficient (Wildman–Crippen LogP) is 4.16. The van der Waals surface area contributed by atoms with E-state index in [0.717, 1.165) is 28.5 Å². The molecule has 2 N–H and O–H groups in total. The van der Waals surface area contributed by atoms with Gasteiger partial charge >= 0.3 is 0 Å². The molecule has 0 saturated carbocycles. The molecule has 1 aromatic rings. The molecule has 1 nitrogen and oxygen atoms in total. The molecular formula is C13H19Cl2N. The molecule has 0 fully saturated rings. The van der Waals surface area contributed by atoms with Gasteiger partial charge in [-0.15, -0.1) is 0 Å². The second-order valence-corrected chi connectivity index (χ2v) is 5.51. The van der Waals surface area contributed by atoms with Gasteiger partial charge in [0.2, 0.25) is 0 Å². The maximum absolute atomic E-state index is 6.13. The minimum absolute atomic E-state index is 0.482. The molecule has 90 valence electrons. The van der Waals surface area contributed by atoms with Crippen LogP contribution in [0.5, 0.6) is 0 Å². The summed E-state index contributed by atoms with van der Waals surface area (Å²) >= 11 is 12.1. The van der Waals surface area contributed by atoms with Crippen molar-refractivity contribution in [2.45, 2.75) is 26.7 Å². The number of hydrogen-bond donors (Lipinski definition) is 1. The topological polar surface area (TPSA) is 26.0 Å². The molecule has 0 radical (unpaired) electrons. The molecule has 1 unspecified atom stereocenters. The Morgan fingerprint density at radius 3 is 2.50 bits per heavy atom. The van der Waals surface area contributed by atoms with Crippen molar-refractivity contribution < 1.29 is 0 Å². The quantitative estimate of drug-likeness (QED) is 0.845. The first-order valence-corrected chi connectivity index (χ1v) is 6.42. The highest BCUT2D eigenvalue weighted by atomic mass is 35.5. The van der Waals surface area contributed by atoms with Gasteiger partial charge < -0.3 is 5.73 Å². The first-order valence-electron chi connectivity index (χ1n) is 5.67. The smallest absolute Gasteiger partial charge is 0.0439 e. The number of benzene rings is 1. The Hall–Kier alpha value is -0.240. The van der Waals surface area contributed by atoms with Crippen LogP contribution in [0.1, 0.15) is 25.8 Å². The molecule has 0 aliphatic rings. The van der Waals surface area contributed by atoms with Gasteiger partial charge in [-0.1, -0.05) is 37.0 Å². The Morgan fingerprint density at radius 2 is 1.94 bits per heavy atom. The van der Waals surface area contributed by atoms with Gasteiger partial charge in [0.15, 0.2) is 0 Å². The van der Waals surface area contributed by atoms with Crippen LogP contribution in [-0.4, -0.2) is 6.54 Å². The summed E-state index contributed by atoms with van der Waals surface area (Å²) < 4.78 is 0. The fraction of sp³-hybridized carbons (Fsp3) is 0.538. The van der Waals surface area contributed by atoms with Gasteiger partial charge in [-0.2, -0.15) is 0 Å². The molecule has 1 aromatic carbocycles. The van der Waals surface area contributed by atoms with E-state index < -0.39 is 0 Å². The standard InChI is InChI=1S/C13H19Cl2N/c1-9(2)5-10(8-16)6-11-7-12(14)3-4-13(11)15/h3-4,7,9-10H,5-6,8,16H2,1-2H3. The highest BCUT2D eigenvalue weighted by Crippen LogP contribution is 2.25. The lowest BCUT2D eigenvalue weighted by atomic mass is 9.91. The summed E-state index contributed by atoms with van der Waals surface area (Å²) in [5, 5.41) is 1.52. The molecule has 0 saturated heterocycles. The Morgan fingerprint density at radius 1 is 1.25 bits per heavy atom. The van der Waals surface area contributed by atoms with Gasteiger partial charge in [0.05, 0.1) is 0 Å². The van der Waals surface area contributed by atoms with Crippen LogP contribution in [0.15, 0.2) is 18.2 Å². The lowest BCUT2D eigenvalue weighted by molar-refractivity contribution is 0.415. The van der Waals surface area contributed by atoms with Crippen molar-refractivity contribution >= 4 is 23.2 Å². The van der Waals surface area contributed by atoms with E-state index in [1.165, 1.54) is 0 Å². The van der Waals surface area contributed by atoms with Crippen LogP contribution < -0.4 is 5.73 Å². The van der Waals surface area contributed by atoms with Gasteiger partial charge in [0.25, 0.3) is 0 Å². The molecule has 1 atom stereocenters. The Labute approximate surface area is 108 Å². The highest BCUT2D eigenvalue weighted by Gasteiger charge is 2.12. The van der Waals surface area contributed by atoms with E-state index in [4.69, 9.17) is 28.9 Å². The van der Waals surface area contributed by atoms with Crippen molar-refractivity contribution in [3.63, 3.8) is 0 Å². The molecule has 3 heteroatoms. The number of nitrogens with two attached hydrogens (primary N) is 1. The van der Waals surface area contributed by atoms with Crippen LogP contribution in [0.3, 0.4) is 0 Å². The largest absolute Gasteiger partial charge is 0.330 e. The third-order valence-corrected chi connectivity index (χ3v) is 3.26. The van der Waals surface area contributed by atoms with Crippen LogP contribution in [0.2, 0.25) is 10.0 Å². The SMILES string of the molecule is CC(C)CC(CN)Cc1cc(Cl)ccc1Cl. The first-order chi connectivity index (χ1) is 7.52. The van der Waals surface area contributed by atoms with Crippen molar-refractivity contribution in [3.05, 3.63) is 33.8 Å². The number of halogens is 2. The minimum Gasteiger partial charge on any atom is -0.330 e. The van der Waals surface area contributed by atoms with Crippen LogP contribution >= 0.6 is 23.2 Å². The lowest BCUT2D eigenvalue weighted by Gasteiger charge is -2.17. The second-order valence-electron chi connectivity index (χ2n) is 4.67. The molecular weight excluding hydrogens is 241 g/mol. The zero-order valence-electron chi connectivity index (χ0n) is 9.84. The Bertz CT molecular complexity index is 337. The summed E-state index contributed by atoms with van der Waals surface area (Å²) in [4.78, 5) is 0. The zero-order valence-corrected chi connectivity index (χ0v) is 11.4. The number of hydrogen-bond acceptors (Lipinski definition) is 1. The summed E-state index contributed by atoms with van der Waals surface area (Å²) in [5.41, 5.74) is 6.88. The van der Waals surface area contributed by atoms with Crippen molar-refractivity contribution in [2.24, 2.45) is 17.6 Å². The fourth-order valence-electron chi connectivity index (χ4n) is 1.94. The van der Waals surface area contributed by atoms with E-state index in [1.807, 2.05) is 18.2 Å². The minimum atomic E-state index is 0.482. The average molecular weight is 260 g/mol. The summed E-state index contributed by atoms with van der Waals surface area (Å²) in [6, 6.07) is 5.60. The summed E-state index contributed by atoms with van der Waals surface area (Å²) in [6.07, 6.45) is 2.04. The van der Waals surface area contributed by atoms with Crippen LogP contribution in [0, 0.1) is 11.8 Å². The van der Waals surface area contributed by atoms with Crippen LogP contribution in [-0.2, 0) is 6.42 Å². The molecule has 16 heavy (non-hydrogen) atoms. The van der Waals surface area contributed by atoms with Crippen molar-refractivity contribution in [1.29, 1.82) is 0 Å². The van der Waals surface area contributed by atoms with E-state index in [2.05, 4.69) is 13.8 Å². The third-order valence-electron chi connectivity index (χ3n) is 2.65. The van der Waals surface area contributed by atoms with Gasteiger partial charge in [-0.25, -0.2) is 0 Å². The molecule has 0 amide bonds. The molecule has 1 rings (SSSR count). The maximum atomic E-state index is 6.13.